The first-order valence-corrected chi connectivity index (χ1v) is 8.78. The molecule has 0 aliphatic rings. The van der Waals surface area contributed by atoms with Crippen LogP contribution in [0.1, 0.15) is 23.6 Å². The number of benzene rings is 2. The number of anilines is 1. The van der Waals surface area contributed by atoms with E-state index in [2.05, 4.69) is 5.32 Å². The third kappa shape index (κ3) is 6.02. The number of carbonyl (C=O) groups is 2. The Morgan fingerprint density at radius 1 is 0.926 bits per heavy atom. The van der Waals surface area contributed by atoms with Gasteiger partial charge in [-0.3, -0.25) is 4.79 Å². The molecule has 0 fully saturated rings. The highest BCUT2D eigenvalue weighted by Crippen LogP contribution is 2.26. The molecule has 0 saturated heterocycles. The highest BCUT2D eigenvalue weighted by atomic mass is 16.6. The first-order valence-electron chi connectivity index (χ1n) is 8.78. The van der Waals surface area contributed by atoms with Gasteiger partial charge < -0.3 is 19.5 Å². The molecule has 2 aromatic carbocycles. The number of nitrogens with one attached hydrogen (secondary N) is 1. The van der Waals surface area contributed by atoms with Gasteiger partial charge in [0.15, 0.2) is 24.7 Å². The molecule has 0 aliphatic carbocycles. The Labute approximate surface area is 159 Å². The van der Waals surface area contributed by atoms with E-state index in [-0.39, 0.29) is 13.2 Å². The number of hydrogen-bond donors (Lipinski definition) is 1. The zero-order chi connectivity index (χ0) is 19.8. The molecule has 6 nitrogen and oxygen atoms in total. The molecule has 2 rings (SSSR count). The maximum Gasteiger partial charge on any atom is 0.344 e. The molecule has 0 aromatic heterocycles. The molecular weight excluding hydrogens is 346 g/mol. The molecule has 27 heavy (non-hydrogen) atoms. The van der Waals surface area contributed by atoms with Crippen molar-refractivity contribution in [2.45, 2.75) is 27.7 Å². The van der Waals surface area contributed by atoms with Gasteiger partial charge in [-0.05, 0) is 51.0 Å². The van der Waals surface area contributed by atoms with E-state index < -0.39 is 11.9 Å². The second-order valence-corrected chi connectivity index (χ2v) is 6.15. The molecular formula is C21H25NO5. The van der Waals surface area contributed by atoms with Gasteiger partial charge in [-0.1, -0.05) is 29.8 Å². The first-order chi connectivity index (χ1) is 12.9. The average Bonchev–Trinajstić information content (AvgIpc) is 2.62. The zero-order valence-electron chi connectivity index (χ0n) is 16.1. The van der Waals surface area contributed by atoms with E-state index in [0.29, 0.717) is 18.1 Å². The first kappa shape index (κ1) is 20.3. The Morgan fingerprint density at radius 2 is 1.52 bits per heavy atom. The molecule has 0 bridgehead atoms. The molecule has 2 aromatic rings. The lowest BCUT2D eigenvalue weighted by molar-refractivity contribution is -0.149. The lowest BCUT2D eigenvalue weighted by Gasteiger charge is -2.13. The van der Waals surface area contributed by atoms with Crippen LogP contribution in [0.15, 0.2) is 36.4 Å². The molecule has 0 aliphatic heterocycles. The van der Waals surface area contributed by atoms with Gasteiger partial charge in [-0.2, -0.15) is 0 Å². The number of para-hydroxylation sites is 2. The smallest absolute Gasteiger partial charge is 0.344 e. The van der Waals surface area contributed by atoms with E-state index in [0.717, 1.165) is 22.4 Å². The van der Waals surface area contributed by atoms with Crippen molar-refractivity contribution >= 4 is 17.6 Å². The quantitative estimate of drug-likeness (QED) is 0.718. The van der Waals surface area contributed by atoms with E-state index in [1.807, 2.05) is 45.9 Å². The van der Waals surface area contributed by atoms with Crippen molar-refractivity contribution in [1.82, 2.24) is 0 Å². The van der Waals surface area contributed by atoms with Crippen LogP contribution in [0.4, 0.5) is 5.69 Å². The van der Waals surface area contributed by atoms with Crippen molar-refractivity contribution in [1.29, 1.82) is 0 Å². The van der Waals surface area contributed by atoms with Crippen LogP contribution < -0.4 is 14.8 Å². The van der Waals surface area contributed by atoms with Gasteiger partial charge in [0, 0.05) is 5.69 Å². The molecule has 0 atom stereocenters. The molecule has 144 valence electrons. The minimum Gasteiger partial charge on any atom is -0.490 e. The van der Waals surface area contributed by atoms with Gasteiger partial charge in [0.1, 0.15) is 0 Å². The van der Waals surface area contributed by atoms with Crippen LogP contribution in [-0.2, 0) is 14.3 Å². The van der Waals surface area contributed by atoms with Gasteiger partial charge in [0.2, 0.25) is 0 Å². The summed E-state index contributed by atoms with van der Waals surface area (Å²) in [5, 5.41) is 2.78. The number of ether oxygens (including phenoxy) is 3. The highest BCUT2D eigenvalue weighted by molar-refractivity contribution is 5.94. The van der Waals surface area contributed by atoms with Crippen molar-refractivity contribution in [2.24, 2.45) is 0 Å². The van der Waals surface area contributed by atoms with Crippen LogP contribution in [0.5, 0.6) is 11.5 Å². The van der Waals surface area contributed by atoms with E-state index in [1.54, 1.807) is 18.2 Å². The molecule has 0 spiro atoms. The molecule has 0 radical (unpaired) electrons. The van der Waals surface area contributed by atoms with E-state index in [4.69, 9.17) is 14.2 Å². The summed E-state index contributed by atoms with van der Waals surface area (Å²) in [6, 6.07) is 11.0. The number of esters is 1. The Balaban J connectivity index is 1.83. The van der Waals surface area contributed by atoms with Gasteiger partial charge in [0.25, 0.3) is 5.91 Å². The number of carbonyl (C=O) groups excluding carboxylic acids is 2. The number of aryl methyl sites for hydroxylation is 3. The fourth-order valence-corrected chi connectivity index (χ4v) is 2.72. The van der Waals surface area contributed by atoms with Crippen LogP contribution in [0, 0.1) is 20.8 Å². The second kappa shape index (κ2) is 9.62. The van der Waals surface area contributed by atoms with Gasteiger partial charge in [0.05, 0.1) is 6.61 Å². The van der Waals surface area contributed by atoms with Crippen molar-refractivity contribution < 1.29 is 23.8 Å². The highest BCUT2D eigenvalue weighted by Gasteiger charge is 2.12. The van der Waals surface area contributed by atoms with Crippen LogP contribution >= 0.6 is 0 Å². The third-order valence-electron chi connectivity index (χ3n) is 3.80. The maximum absolute atomic E-state index is 12.1. The van der Waals surface area contributed by atoms with E-state index in [1.165, 1.54) is 0 Å². The third-order valence-corrected chi connectivity index (χ3v) is 3.80. The maximum atomic E-state index is 12.1. The van der Waals surface area contributed by atoms with E-state index >= 15 is 0 Å². The van der Waals surface area contributed by atoms with Gasteiger partial charge in [-0.15, -0.1) is 0 Å². The summed E-state index contributed by atoms with van der Waals surface area (Å²) in [7, 11) is 0. The summed E-state index contributed by atoms with van der Waals surface area (Å²) in [6.45, 7) is 7.51. The average molecular weight is 371 g/mol. The summed E-state index contributed by atoms with van der Waals surface area (Å²) in [5.74, 6) is -0.0237. The predicted octanol–water partition coefficient (Wildman–Crippen LogP) is 3.57. The van der Waals surface area contributed by atoms with Crippen molar-refractivity contribution in [2.75, 3.05) is 25.1 Å². The fourth-order valence-electron chi connectivity index (χ4n) is 2.72. The van der Waals surface area contributed by atoms with Crippen LogP contribution in [-0.4, -0.2) is 31.7 Å². The Morgan fingerprint density at radius 3 is 2.11 bits per heavy atom. The van der Waals surface area contributed by atoms with Crippen LogP contribution in [0.2, 0.25) is 0 Å². The summed E-state index contributed by atoms with van der Waals surface area (Å²) >= 11 is 0. The lowest BCUT2D eigenvalue weighted by atomic mass is 10.1. The molecule has 1 N–H and O–H groups in total. The summed E-state index contributed by atoms with van der Waals surface area (Å²) in [6.07, 6.45) is 0. The number of rotatable bonds is 8. The number of hydrogen-bond acceptors (Lipinski definition) is 5. The lowest BCUT2D eigenvalue weighted by Crippen LogP contribution is -2.24. The van der Waals surface area contributed by atoms with E-state index in [9.17, 15) is 9.59 Å². The largest absolute Gasteiger partial charge is 0.490 e. The monoisotopic (exact) mass is 371 g/mol. The van der Waals surface area contributed by atoms with Gasteiger partial charge >= 0.3 is 5.97 Å². The standard InChI is InChI=1S/C21H25NO5/c1-5-25-17-8-6-7-9-18(17)26-13-20(24)27-12-19(23)22-21-15(3)10-14(2)11-16(21)4/h6-11H,5,12-13H2,1-4H3,(H,22,23). The minimum atomic E-state index is -0.631. The molecule has 1 amide bonds. The van der Waals surface area contributed by atoms with Crippen LogP contribution in [0.25, 0.3) is 0 Å². The Kier molecular flexibility index (Phi) is 7.23. The van der Waals surface area contributed by atoms with Crippen molar-refractivity contribution in [3.8, 4) is 11.5 Å². The Hall–Kier alpha value is -3.02. The molecule has 0 heterocycles. The van der Waals surface area contributed by atoms with Gasteiger partial charge in [-0.25, -0.2) is 4.79 Å². The normalized spacial score (nSPS) is 10.2. The fraction of sp³-hybridized carbons (Fsp3) is 0.333. The molecule has 0 saturated carbocycles. The SMILES string of the molecule is CCOc1ccccc1OCC(=O)OCC(=O)Nc1c(C)cc(C)cc1C. The number of amides is 1. The summed E-state index contributed by atoms with van der Waals surface area (Å²) in [5.41, 5.74) is 3.79. The van der Waals surface area contributed by atoms with Crippen molar-refractivity contribution in [3.05, 3.63) is 53.1 Å². The predicted molar refractivity (Wildman–Crippen MR) is 103 cm³/mol. The molecule has 0 unspecified atom stereocenters. The summed E-state index contributed by atoms with van der Waals surface area (Å²) < 4.78 is 15.8. The second-order valence-electron chi connectivity index (χ2n) is 6.15. The molecule has 6 heteroatoms. The zero-order valence-corrected chi connectivity index (χ0v) is 16.1. The Bertz CT molecular complexity index is 793. The van der Waals surface area contributed by atoms with Crippen LogP contribution in [0.3, 0.4) is 0 Å². The minimum absolute atomic E-state index is 0.306. The topological polar surface area (TPSA) is 73.9 Å². The van der Waals surface area contributed by atoms with Crippen molar-refractivity contribution in [3.63, 3.8) is 0 Å². The summed E-state index contributed by atoms with van der Waals surface area (Å²) in [4.78, 5) is 23.9.